The van der Waals surface area contributed by atoms with Crippen molar-refractivity contribution in [3.63, 3.8) is 0 Å². The highest BCUT2D eigenvalue weighted by Gasteiger charge is 2.01. The zero-order valence-corrected chi connectivity index (χ0v) is 8.16. The first kappa shape index (κ1) is 10.5. The molecular weight excluding hydrogens is 178 g/mol. The van der Waals surface area contributed by atoms with Crippen molar-refractivity contribution in [2.75, 3.05) is 19.5 Å². The van der Waals surface area contributed by atoms with E-state index in [1.807, 2.05) is 6.07 Å². The van der Waals surface area contributed by atoms with Gasteiger partial charge in [0.05, 0.1) is 16.9 Å². The Hall–Kier alpha value is -1.60. The highest BCUT2D eigenvalue weighted by molar-refractivity contribution is 5.47. The summed E-state index contributed by atoms with van der Waals surface area (Å²) >= 11 is 0. The second kappa shape index (κ2) is 5.20. The predicted molar refractivity (Wildman–Crippen MR) is 53.6 cm³/mol. The Morgan fingerprint density at radius 3 is 3.00 bits per heavy atom. The van der Waals surface area contributed by atoms with Crippen LogP contribution >= 0.6 is 0 Å². The summed E-state index contributed by atoms with van der Waals surface area (Å²) in [5.41, 5.74) is 7.64. The molecule has 0 aromatic carbocycles. The van der Waals surface area contributed by atoms with Crippen molar-refractivity contribution in [3.05, 3.63) is 23.5 Å². The van der Waals surface area contributed by atoms with E-state index in [2.05, 4.69) is 4.98 Å². The molecule has 0 atom stereocenters. The average molecular weight is 191 g/mol. The molecule has 1 rings (SSSR count). The van der Waals surface area contributed by atoms with Gasteiger partial charge < -0.3 is 10.5 Å². The minimum atomic E-state index is 0.498. The van der Waals surface area contributed by atoms with Crippen molar-refractivity contribution in [3.8, 4) is 6.07 Å². The molecule has 1 aromatic rings. The van der Waals surface area contributed by atoms with Crippen LogP contribution in [0.25, 0.3) is 0 Å². The fourth-order valence-electron chi connectivity index (χ4n) is 1.16. The van der Waals surface area contributed by atoms with Gasteiger partial charge in [-0.3, -0.25) is 4.98 Å². The van der Waals surface area contributed by atoms with Crippen LogP contribution in [0, 0.1) is 11.3 Å². The zero-order valence-electron chi connectivity index (χ0n) is 8.16. The number of aromatic nitrogens is 1. The second-order valence-corrected chi connectivity index (χ2v) is 2.97. The summed E-state index contributed by atoms with van der Waals surface area (Å²) in [5, 5.41) is 8.60. The molecule has 1 aromatic heterocycles. The lowest BCUT2D eigenvalue weighted by atomic mass is 10.1. The first-order valence-electron chi connectivity index (χ1n) is 4.41. The molecule has 74 valence electrons. The molecule has 0 spiro atoms. The lowest BCUT2D eigenvalue weighted by molar-refractivity contribution is 0.195. The lowest BCUT2D eigenvalue weighted by Gasteiger charge is -2.03. The van der Waals surface area contributed by atoms with Crippen molar-refractivity contribution in [2.45, 2.75) is 12.8 Å². The molecule has 14 heavy (non-hydrogen) atoms. The van der Waals surface area contributed by atoms with Gasteiger partial charge in [0.2, 0.25) is 0 Å². The van der Waals surface area contributed by atoms with Crippen molar-refractivity contribution >= 4 is 5.69 Å². The monoisotopic (exact) mass is 191 g/mol. The van der Waals surface area contributed by atoms with Gasteiger partial charge in [-0.25, -0.2) is 0 Å². The third-order valence-electron chi connectivity index (χ3n) is 1.89. The van der Waals surface area contributed by atoms with Crippen LogP contribution in [0.3, 0.4) is 0 Å². The number of aryl methyl sites for hydroxylation is 1. The molecule has 4 nitrogen and oxygen atoms in total. The number of nitrogens with two attached hydrogens (primary N) is 1. The van der Waals surface area contributed by atoms with Crippen LogP contribution in [0.2, 0.25) is 0 Å². The maximum atomic E-state index is 8.60. The van der Waals surface area contributed by atoms with E-state index in [0.717, 1.165) is 18.5 Å². The first-order chi connectivity index (χ1) is 6.77. The van der Waals surface area contributed by atoms with Gasteiger partial charge in [-0.15, -0.1) is 0 Å². The standard InChI is InChI=1S/C10H13N3O/c1-14-4-2-3-10-9(12)5-8(6-11)7-13-10/h5,7H,2-4,12H2,1H3. The molecule has 0 saturated carbocycles. The van der Waals surface area contributed by atoms with Gasteiger partial charge in [-0.2, -0.15) is 5.26 Å². The quantitative estimate of drug-likeness (QED) is 0.724. The van der Waals surface area contributed by atoms with Gasteiger partial charge in [0.1, 0.15) is 6.07 Å². The number of hydrogen-bond acceptors (Lipinski definition) is 4. The number of nitriles is 1. The molecule has 1 heterocycles. The van der Waals surface area contributed by atoms with E-state index in [9.17, 15) is 0 Å². The molecule has 0 radical (unpaired) electrons. The summed E-state index contributed by atoms with van der Waals surface area (Å²) in [6, 6.07) is 3.64. The number of hydrogen-bond donors (Lipinski definition) is 1. The molecule has 0 fully saturated rings. The molecule has 0 saturated heterocycles. The summed E-state index contributed by atoms with van der Waals surface area (Å²) in [6.07, 6.45) is 3.21. The average Bonchev–Trinajstić information content (AvgIpc) is 2.20. The van der Waals surface area contributed by atoms with Crippen LogP contribution in [0.5, 0.6) is 0 Å². The molecule has 0 unspecified atom stereocenters. The van der Waals surface area contributed by atoms with E-state index < -0.39 is 0 Å². The zero-order chi connectivity index (χ0) is 10.4. The third kappa shape index (κ3) is 2.71. The van der Waals surface area contributed by atoms with Gasteiger partial charge >= 0.3 is 0 Å². The number of nitrogens with zero attached hydrogens (tertiary/aromatic N) is 2. The van der Waals surface area contributed by atoms with Gasteiger partial charge in [-0.05, 0) is 18.9 Å². The summed E-state index contributed by atoms with van der Waals surface area (Å²) in [6.45, 7) is 0.696. The van der Waals surface area contributed by atoms with E-state index in [0.29, 0.717) is 17.9 Å². The first-order valence-corrected chi connectivity index (χ1v) is 4.41. The summed E-state index contributed by atoms with van der Waals surface area (Å²) in [5.74, 6) is 0. The lowest BCUT2D eigenvalue weighted by Crippen LogP contribution is -2.01. The van der Waals surface area contributed by atoms with Crippen molar-refractivity contribution < 1.29 is 4.74 Å². The number of anilines is 1. The Kier molecular flexibility index (Phi) is 3.89. The highest BCUT2D eigenvalue weighted by Crippen LogP contribution is 2.12. The van der Waals surface area contributed by atoms with Crippen LogP contribution in [-0.4, -0.2) is 18.7 Å². The molecule has 0 aliphatic heterocycles. The molecule has 0 bridgehead atoms. The Labute approximate surface area is 83.3 Å². The smallest absolute Gasteiger partial charge is 0.101 e. The van der Waals surface area contributed by atoms with E-state index in [-0.39, 0.29) is 0 Å². The van der Waals surface area contributed by atoms with Crippen LogP contribution in [0.4, 0.5) is 5.69 Å². The SMILES string of the molecule is COCCCc1ncc(C#N)cc1N. The van der Waals surface area contributed by atoms with Crippen molar-refractivity contribution in [1.82, 2.24) is 4.98 Å². The Morgan fingerprint density at radius 2 is 2.43 bits per heavy atom. The summed E-state index contributed by atoms with van der Waals surface area (Å²) in [4.78, 5) is 4.12. The largest absolute Gasteiger partial charge is 0.397 e. The van der Waals surface area contributed by atoms with Crippen LogP contribution in [-0.2, 0) is 11.2 Å². The number of ether oxygens (including phenoxy) is 1. The Bertz CT molecular complexity index is 344. The predicted octanol–water partition coefficient (Wildman–Crippen LogP) is 1.11. The fraction of sp³-hybridized carbons (Fsp3) is 0.400. The number of methoxy groups -OCH3 is 1. The molecule has 0 aliphatic carbocycles. The van der Waals surface area contributed by atoms with Gasteiger partial charge in [-0.1, -0.05) is 0 Å². The van der Waals surface area contributed by atoms with Crippen LogP contribution in [0.1, 0.15) is 17.7 Å². The molecular formula is C10H13N3O. The second-order valence-electron chi connectivity index (χ2n) is 2.97. The number of pyridine rings is 1. The minimum Gasteiger partial charge on any atom is -0.397 e. The van der Waals surface area contributed by atoms with Gasteiger partial charge in [0, 0.05) is 19.9 Å². The van der Waals surface area contributed by atoms with Crippen molar-refractivity contribution in [1.29, 1.82) is 5.26 Å². The summed E-state index contributed by atoms with van der Waals surface area (Å²) < 4.78 is 4.93. The van der Waals surface area contributed by atoms with E-state index in [1.165, 1.54) is 0 Å². The van der Waals surface area contributed by atoms with Gasteiger partial charge in [0.25, 0.3) is 0 Å². The normalized spacial score (nSPS) is 9.71. The summed E-state index contributed by atoms with van der Waals surface area (Å²) in [7, 11) is 1.66. The number of rotatable bonds is 4. The minimum absolute atomic E-state index is 0.498. The maximum Gasteiger partial charge on any atom is 0.101 e. The third-order valence-corrected chi connectivity index (χ3v) is 1.89. The Morgan fingerprint density at radius 1 is 1.64 bits per heavy atom. The van der Waals surface area contributed by atoms with Crippen LogP contribution < -0.4 is 5.73 Å². The topological polar surface area (TPSA) is 71.9 Å². The number of nitrogen functional groups attached to an aromatic ring is 1. The highest BCUT2D eigenvalue weighted by atomic mass is 16.5. The molecule has 4 heteroatoms. The fourth-order valence-corrected chi connectivity index (χ4v) is 1.16. The van der Waals surface area contributed by atoms with Crippen LogP contribution in [0.15, 0.2) is 12.3 Å². The van der Waals surface area contributed by atoms with E-state index in [4.69, 9.17) is 15.7 Å². The molecule has 0 amide bonds. The van der Waals surface area contributed by atoms with Gasteiger partial charge in [0.15, 0.2) is 0 Å². The van der Waals surface area contributed by atoms with Crippen molar-refractivity contribution in [2.24, 2.45) is 0 Å². The molecule has 2 N–H and O–H groups in total. The van der Waals surface area contributed by atoms with E-state index >= 15 is 0 Å². The van der Waals surface area contributed by atoms with E-state index in [1.54, 1.807) is 19.4 Å². The maximum absolute atomic E-state index is 8.60. The Balaban J connectivity index is 2.65. The molecule has 0 aliphatic rings.